The lowest BCUT2D eigenvalue weighted by atomic mass is 10.2. The van der Waals surface area contributed by atoms with Gasteiger partial charge in [0.05, 0.1) is 19.2 Å². The van der Waals surface area contributed by atoms with Crippen LogP contribution in [-0.4, -0.2) is 56.2 Å². The number of rotatable bonds is 8. The summed E-state index contributed by atoms with van der Waals surface area (Å²) in [6, 6.07) is 7.01. The molecule has 116 valence electrons. The highest BCUT2D eigenvalue weighted by atomic mass is 16.5. The molecule has 0 unspecified atom stereocenters. The van der Waals surface area contributed by atoms with Gasteiger partial charge in [0.15, 0.2) is 0 Å². The number of hydrogen-bond acceptors (Lipinski definition) is 5. The summed E-state index contributed by atoms with van der Waals surface area (Å²) in [5, 5.41) is 10.0. The molecule has 0 aromatic heterocycles. The maximum atomic E-state index is 11.6. The first kappa shape index (κ1) is 17.1. The van der Waals surface area contributed by atoms with Crippen molar-refractivity contribution in [3.8, 4) is 0 Å². The predicted molar refractivity (Wildman–Crippen MR) is 82.7 cm³/mol. The quantitative estimate of drug-likeness (QED) is 0.420. The third-order valence-corrected chi connectivity index (χ3v) is 3.25. The van der Waals surface area contributed by atoms with Gasteiger partial charge in [-0.3, -0.25) is 5.01 Å². The van der Waals surface area contributed by atoms with E-state index in [4.69, 9.17) is 4.74 Å². The van der Waals surface area contributed by atoms with Gasteiger partial charge in [0.1, 0.15) is 5.69 Å². The Morgan fingerprint density at radius 2 is 1.86 bits per heavy atom. The molecule has 0 saturated heterocycles. The van der Waals surface area contributed by atoms with Gasteiger partial charge in [0.2, 0.25) is 0 Å². The van der Waals surface area contributed by atoms with Gasteiger partial charge in [0.25, 0.3) is 0 Å². The lowest BCUT2D eigenvalue weighted by molar-refractivity contribution is 0.0601. The number of likely N-dealkylation sites (N-methyl/N-ethyl adjacent to an activating group) is 2. The van der Waals surface area contributed by atoms with Crippen LogP contribution in [0.25, 0.3) is 0 Å². The maximum absolute atomic E-state index is 11.6. The van der Waals surface area contributed by atoms with Gasteiger partial charge in [-0.1, -0.05) is 31.2 Å². The van der Waals surface area contributed by atoms with Crippen LogP contribution in [0.2, 0.25) is 0 Å². The standard InChI is InChI=1S/C15H24N4O2/c1-5-19(6-2)12-11-18(3)17-16-14-10-8-7-9-13(14)15(20)21-4/h7-10H,5-6,11-12H2,1-4H3. The second-order valence-corrected chi connectivity index (χ2v) is 4.61. The zero-order valence-corrected chi connectivity index (χ0v) is 13.2. The number of hydrogen-bond donors (Lipinski definition) is 0. The Kier molecular flexibility index (Phi) is 7.39. The fraction of sp³-hybridized carbons (Fsp3) is 0.533. The molecule has 0 radical (unpaired) electrons. The second kappa shape index (κ2) is 9.07. The number of methoxy groups -OCH3 is 1. The summed E-state index contributed by atoms with van der Waals surface area (Å²) in [6.45, 7) is 8.03. The van der Waals surface area contributed by atoms with Crippen molar-refractivity contribution < 1.29 is 9.53 Å². The van der Waals surface area contributed by atoms with Gasteiger partial charge in [-0.2, -0.15) is 0 Å². The average molecular weight is 292 g/mol. The SMILES string of the molecule is CCN(CC)CCN(C)N=Nc1ccccc1C(=O)OC. The van der Waals surface area contributed by atoms with E-state index < -0.39 is 5.97 Å². The molecular weight excluding hydrogens is 268 g/mol. The number of carbonyl (C=O) groups is 1. The van der Waals surface area contributed by atoms with Gasteiger partial charge < -0.3 is 9.64 Å². The van der Waals surface area contributed by atoms with E-state index in [0.29, 0.717) is 11.3 Å². The van der Waals surface area contributed by atoms with Crippen LogP contribution < -0.4 is 0 Å². The van der Waals surface area contributed by atoms with Gasteiger partial charge in [-0.25, -0.2) is 4.79 Å². The summed E-state index contributed by atoms with van der Waals surface area (Å²) < 4.78 is 4.73. The van der Waals surface area contributed by atoms with Crippen molar-refractivity contribution in [2.75, 3.05) is 40.3 Å². The topological polar surface area (TPSA) is 57.5 Å². The van der Waals surface area contributed by atoms with E-state index in [1.807, 2.05) is 13.1 Å². The first-order valence-electron chi connectivity index (χ1n) is 7.14. The Morgan fingerprint density at radius 1 is 1.19 bits per heavy atom. The highest BCUT2D eigenvalue weighted by Gasteiger charge is 2.10. The van der Waals surface area contributed by atoms with Crippen LogP contribution in [0.15, 0.2) is 34.6 Å². The molecule has 0 spiro atoms. The molecular formula is C15H24N4O2. The van der Waals surface area contributed by atoms with Crippen molar-refractivity contribution in [3.63, 3.8) is 0 Å². The van der Waals surface area contributed by atoms with E-state index in [2.05, 4.69) is 29.1 Å². The summed E-state index contributed by atoms with van der Waals surface area (Å²) in [7, 11) is 3.22. The van der Waals surface area contributed by atoms with Crippen molar-refractivity contribution in [2.24, 2.45) is 10.3 Å². The molecule has 1 aromatic carbocycles. The Hall–Kier alpha value is -1.95. The Balaban J connectivity index is 2.66. The summed E-state index contributed by atoms with van der Waals surface area (Å²) in [5.41, 5.74) is 0.930. The van der Waals surface area contributed by atoms with E-state index in [1.165, 1.54) is 7.11 Å². The minimum Gasteiger partial charge on any atom is -0.465 e. The van der Waals surface area contributed by atoms with E-state index in [-0.39, 0.29) is 0 Å². The molecule has 0 aliphatic carbocycles. The first-order valence-corrected chi connectivity index (χ1v) is 7.14. The normalized spacial score (nSPS) is 11.1. The van der Waals surface area contributed by atoms with Crippen LogP contribution in [-0.2, 0) is 4.74 Å². The highest BCUT2D eigenvalue weighted by Crippen LogP contribution is 2.20. The summed E-state index contributed by atoms with van der Waals surface area (Å²) >= 11 is 0. The lowest BCUT2D eigenvalue weighted by Crippen LogP contribution is -2.30. The molecule has 1 aromatic rings. The summed E-state index contributed by atoms with van der Waals surface area (Å²) in [6.07, 6.45) is 0. The Labute approximate surface area is 126 Å². The van der Waals surface area contributed by atoms with Crippen molar-refractivity contribution in [1.82, 2.24) is 9.91 Å². The van der Waals surface area contributed by atoms with Crippen LogP contribution in [0.3, 0.4) is 0 Å². The number of benzene rings is 1. The van der Waals surface area contributed by atoms with Crippen LogP contribution in [0.5, 0.6) is 0 Å². The second-order valence-electron chi connectivity index (χ2n) is 4.61. The zero-order valence-electron chi connectivity index (χ0n) is 13.2. The molecule has 0 bridgehead atoms. The lowest BCUT2D eigenvalue weighted by Gasteiger charge is -2.20. The third-order valence-electron chi connectivity index (χ3n) is 3.25. The minimum absolute atomic E-state index is 0.407. The molecule has 1 rings (SSSR count). The zero-order chi connectivity index (χ0) is 15.7. The van der Waals surface area contributed by atoms with Crippen LogP contribution in [0.4, 0.5) is 5.69 Å². The summed E-state index contributed by atoms with van der Waals surface area (Å²) in [4.78, 5) is 13.9. The van der Waals surface area contributed by atoms with E-state index in [0.717, 1.165) is 26.2 Å². The van der Waals surface area contributed by atoms with E-state index in [9.17, 15) is 4.79 Å². The smallest absolute Gasteiger partial charge is 0.340 e. The summed E-state index contributed by atoms with van der Waals surface area (Å²) in [5.74, 6) is -0.407. The molecule has 6 heteroatoms. The van der Waals surface area contributed by atoms with E-state index >= 15 is 0 Å². The van der Waals surface area contributed by atoms with Crippen molar-refractivity contribution in [2.45, 2.75) is 13.8 Å². The molecule has 0 heterocycles. The number of esters is 1. The first-order chi connectivity index (χ1) is 10.1. The third kappa shape index (κ3) is 5.51. The Morgan fingerprint density at radius 3 is 2.48 bits per heavy atom. The predicted octanol–water partition coefficient (Wildman–Crippen LogP) is 2.75. The average Bonchev–Trinajstić information content (AvgIpc) is 2.53. The van der Waals surface area contributed by atoms with Crippen molar-refractivity contribution >= 4 is 11.7 Å². The largest absolute Gasteiger partial charge is 0.465 e. The number of nitrogens with zero attached hydrogens (tertiary/aromatic N) is 4. The Bertz CT molecular complexity index is 472. The number of ether oxygens (including phenoxy) is 1. The number of carbonyl (C=O) groups excluding carboxylic acids is 1. The van der Waals surface area contributed by atoms with Crippen LogP contribution in [0.1, 0.15) is 24.2 Å². The molecule has 0 atom stereocenters. The molecule has 0 fully saturated rings. The maximum Gasteiger partial charge on any atom is 0.340 e. The molecule has 0 aliphatic rings. The van der Waals surface area contributed by atoms with Crippen LogP contribution in [0, 0.1) is 0 Å². The van der Waals surface area contributed by atoms with E-state index in [1.54, 1.807) is 23.2 Å². The molecule has 21 heavy (non-hydrogen) atoms. The monoisotopic (exact) mass is 292 g/mol. The molecule has 6 nitrogen and oxygen atoms in total. The molecule has 0 saturated carbocycles. The van der Waals surface area contributed by atoms with Crippen LogP contribution >= 0.6 is 0 Å². The fourth-order valence-electron chi connectivity index (χ4n) is 1.84. The molecule has 0 aliphatic heterocycles. The van der Waals surface area contributed by atoms with Gasteiger partial charge in [0, 0.05) is 13.6 Å². The van der Waals surface area contributed by atoms with Gasteiger partial charge in [-0.15, -0.1) is 5.11 Å². The van der Waals surface area contributed by atoms with Crippen molar-refractivity contribution in [1.29, 1.82) is 0 Å². The van der Waals surface area contributed by atoms with Gasteiger partial charge in [-0.05, 0) is 25.2 Å². The molecule has 0 amide bonds. The van der Waals surface area contributed by atoms with Gasteiger partial charge >= 0.3 is 5.97 Å². The highest BCUT2D eigenvalue weighted by molar-refractivity contribution is 5.94. The molecule has 0 N–H and O–H groups in total. The fourth-order valence-corrected chi connectivity index (χ4v) is 1.84. The minimum atomic E-state index is -0.407. The van der Waals surface area contributed by atoms with Crippen molar-refractivity contribution in [3.05, 3.63) is 29.8 Å².